The van der Waals surface area contributed by atoms with E-state index in [9.17, 15) is 4.79 Å². The number of nitrogens with zero attached hydrogens (tertiary/aromatic N) is 2. The Morgan fingerprint density at radius 1 is 1.41 bits per heavy atom. The van der Waals surface area contributed by atoms with E-state index >= 15 is 0 Å². The van der Waals surface area contributed by atoms with Crippen LogP contribution in [0.5, 0.6) is 0 Å². The van der Waals surface area contributed by atoms with Crippen LogP contribution < -0.4 is 10.9 Å². The zero-order chi connectivity index (χ0) is 12.7. The maximum Gasteiger partial charge on any atom is 0.293 e. The third-order valence-corrected chi connectivity index (χ3v) is 3.44. The lowest BCUT2D eigenvalue weighted by atomic mass is 9.78. The van der Waals surface area contributed by atoms with E-state index in [0.717, 1.165) is 12.8 Å². The second-order valence-corrected chi connectivity index (χ2v) is 6.16. The molecule has 2 rings (SSSR count). The van der Waals surface area contributed by atoms with Gasteiger partial charge in [0.25, 0.3) is 5.56 Å². The van der Waals surface area contributed by atoms with E-state index in [4.69, 9.17) is 0 Å². The molecule has 0 bridgehead atoms. The van der Waals surface area contributed by atoms with E-state index in [2.05, 4.69) is 17.2 Å². The predicted molar refractivity (Wildman–Crippen MR) is 69.4 cm³/mol. The molecule has 0 unspecified atom stereocenters. The monoisotopic (exact) mass is 235 g/mol. The first-order valence-corrected chi connectivity index (χ1v) is 6.18. The van der Waals surface area contributed by atoms with Crippen LogP contribution in [0.1, 0.15) is 47.0 Å². The fourth-order valence-corrected chi connectivity index (χ4v) is 2.14. The Hall–Kier alpha value is -1.32. The van der Waals surface area contributed by atoms with Crippen molar-refractivity contribution in [2.24, 2.45) is 0 Å². The van der Waals surface area contributed by atoms with Crippen molar-refractivity contribution in [2.45, 2.75) is 58.0 Å². The highest BCUT2D eigenvalue weighted by atomic mass is 16.1. The molecule has 4 nitrogen and oxygen atoms in total. The molecule has 1 aromatic heterocycles. The van der Waals surface area contributed by atoms with Crippen molar-refractivity contribution in [1.82, 2.24) is 9.55 Å². The van der Waals surface area contributed by atoms with Crippen LogP contribution in [0.4, 0.5) is 5.82 Å². The SMILES string of the molecule is CC1(Nc2nccn(C(C)(C)C)c2=O)CCC1. The fraction of sp³-hybridized carbons (Fsp3) is 0.692. The van der Waals surface area contributed by atoms with Gasteiger partial charge in [0.05, 0.1) is 0 Å². The van der Waals surface area contributed by atoms with Crippen LogP contribution in [0.3, 0.4) is 0 Å². The van der Waals surface area contributed by atoms with Gasteiger partial charge in [0.15, 0.2) is 5.82 Å². The van der Waals surface area contributed by atoms with Gasteiger partial charge in [-0.05, 0) is 47.0 Å². The van der Waals surface area contributed by atoms with E-state index in [1.54, 1.807) is 17.0 Å². The Kier molecular flexibility index (Phi) is 2.76. The van der Waals surface area contributed by atoms with Crippen LogP contribution in [0.25, 0.3) is 0 Å². The first-order chi connectivity index (χ1) is 7.82. The van der Waals surface area contributed by atoms with Crippen molar-refractivity contribution in [3.05, 3.63) is 22.7 Å². The molecule has 4 heteroatoms. The van der Waals surface area contributed by atoms with Gasteiger partial charge in [-0.3, -0.25) is 4.79 Å². The molecular formula is C13H21N3O. The smallest absolute Gasteiger partial charge is 0.293 e. The minimum absolute atomic E-state index is 0.0341. The van der Waals surface area contributed by atoms with Gasteiger partial charge in [-0.25, -0.2) is 4.98 Å². The summed E-state index contributed by atoms with van der Waals surface area (Å²) in [6, 6.07) is 0. The molecule has 0 saturated heterocycles. The summed E-state index contributed by atoms with van der Waals surface area (Å²) < 4.78 is 1.73. The predicted octanol–water partition coefficient (Wildman–Crippen LogP) is 2.35. The van der Waals surface area contributed by atoms with Crippen LogP contribution >= 0.6 is 0 Å². The number of nitrogens with one attached hydrogen (secondary N) is 1. The Morgan fingerprint density at radius 2 is 2.06 bits per heavy atom. The summed E-state index contributed by atoms with van der Waals surface area (Å²) in [6.07, 6.45) is 6.88. The molecule has 1 N–H and O–H groups in total. The summed E-state index contributed by atoms with van der Waals surface area (Å²) in [5.74, 6) is 0.477. The van der Waals surface area contributed by atoms with Crippen LogP contribution in [-0.4, -0.2) is 15.1 Å². The van der Waals surface area contributed by atoms with Crippen molar-refractivity contribution in [2.75, 3.05) is 5.32 Å². The third-order valence-electron chi connectivity index (χ3n) is 3.44. The summed E-state index contributed by atoms with van der Waals surface area (Å²) in [4.78, 5) is 16.4. The molecule has 0 amide bonds. The van der Waals surface area contributed by atoms with E-state index in [-0.39, 0.29) is 16.6 Å². The maximum atomic E-state index is 12.3. The van der Waals surface area contributed by atoms with Crippen LogP contribution in [-0.2, 0) is 5.54 Å². The van der Waals surface area contributed by atoms with Gasteiger partial charge in [0.2, 0.25) is 0 Å². The molecule has 0 aromatic carbocycles. The minimum Gasteiger partial charge on any atom is -0.360 e. The largest absolute Gasteiger partial charge is 0.360 e. The number of rotatable bonds is 2. The minimum atomic E-state index is -0.211. The average molecular weight is 235 g/mol. The molecule has 94 valence electrons. The number of aromatic nitrogens is 2. The first-order valence-electron chi connectivity index (χ1n) is 6.18. The topological polar surface area (TPSA) is 46.9 Å². The van der Waals surface area contributed by atoms with E-state index < -0.39 is 0 Å². The average Bonchev–Trinajstić information content (AvgIpc) is 2.17. The maximum absolute atomic E-state index is 12.3. The van der Waals surface area contributed by atoms with Gasteiger partial charge in [0.1, 0.15) is 0 Å². The summed E-state index contributed by atoms with van der Waals surface area (Å²) in [5.41, 5.74) is -0.187. The van der Waals surface area contributed by atoms with Crippen LogP contribution in [0.2, 0.25) is 0 Å². The van der Waals surface area contributed by atoms with E-state index in [0.29, 0.717) is 5.82 Å². The highest BCUT2D eigenvalue weighted by Gasteiger charge is 2.32. The first kappa shape index (κ1) is 12.1. The van der Waals surface area contributed by atoms with Gasteiger partial charge < -0.3 is 9.88 Å². The van der Waals surface area contributed by atoms with E-state index in [1.165, 1.54) is 6.42 Å². The van der Waals surface area contributed by atoms with Gasteiger partial charge in [-0.2, -0.15) is 0 Å². The second-order valence-electron chi connectivity index (χ2n) is 6.16. The molecule has 0 spiro atoms. The number of hydrogen-bond donors (Lipinski definition) is 1. The molecule has 1 aliphatic rings. The quantitative estimate of drug-likeness (QED) is 0.856. The van der Waals surface area contributed by atoms with Gasteiger partial charge in [-0.15, -0.1) is 0 Å². The Morgan fingerprint density at radius 3 is 2.53 bits per heavy atom. The number of hydrogen-bond acceptors (Lipinski definition) is 3. The molecule has 1 heterocycles. The Bertz CT molecular complexity index is 466. The number of anilines is 1. The lowest BCUT2D eigenvalue weighted by molar-refractivity contribution is 0.304. The molecular weight excluding hydrogens is 214 g/mol. The summed E-state index contributed by atoms with van der Waals surface area (Å²) in [7, 11) is 0. The van der Waals surface area contributed by atoms with E-state index in [1.807, 2.05) is 20.8 Å². The Labute approximate surface area is 102 Å². The molecule has 1 saturated carbocycles. The lowest BCUT2D eigenvalue weighted by Gasteiger charge is -2.39. The standard InChI is InChI=1S/C13H21N3O/c1-12(2,3)16-9-8-14-10(11(16)17)15-13(4)6-5-7-13/h8-9H,5-7H2,1-4H3,(H,14,15). The molecule has 17 heavy (non-hydrogen) atoms. The lowest BCUT2D eigenvalue weighted by Crippen LogP contribution is -2.45. The third kappa shape index (κ3) is 2.35. The molecule has 1 aromatic rings. The fourth-order valence-electron chi connectivity index (χ4n) is 2.14. The molecule has 0 radical (unpaired) electrons. The molecule has 1 aliphatic carbocycles. The highest BCUT2D eigenvalue weighted by Crippen LogP contribution is 2.33. The molecule has 1 fully saturated rings. The second kappa shape index (κ2) is 3.86. The zero-order valence-corrected chi connectivity index (χ0v) is 11.1. The van der Waals surface area contributed by atoms with Crippen molar-refractivity contribution < 1.29 is 0 Å². The highest BCUT2D eigenvalue weighted by molar-refractivity contribution is 5.36. The summed E-state index contributed by atoms with van der Waals surface area (Å²) in [6.45, 7) is 8.20. The van der Waals surface area contributed by atoms with Crippen molar-refractivity contribution >= 4 is 5.82 Å². The zero-order valence-electron chi connectivity index (χ0n) is 11.1. The van der Waals surface area contributed by atoms with Gasteiger partial charge >= 0.3 is 0 Å². The van der Waals surface area contributed by atoms with Crippen LogP contribution in [0, 0.1) is 0 Å². The van der Waals surface area contributed by atoms with Crippen molar-refractivity contribution in [3.63, 3.8) is 0 Å². The summed E-state index contributed by atoms with van der Waals surface area (Å²) in [5, 5.41) is 3.29. The van der Waals surface area contributed by atoms with Gasteiger partial charge in [0, 0.05) is 23.5 Å². The van der Waals surface area contributed by atoms with Crippen LogP contribution in [0.15, 0.2) is 17.2 Å². The Balaban J connectivity index is 2.33. The summed E-state index contributed by atoms with van der Waals surface area (Å²) >= 11 is 0. The van der Waals surface area contributed by atoms with Crippen molar-refractivity contribution in [1.29, 1.82) is 0 Å². The molecule has 0 atom stereocenters. The molecule has 0 aliphatic heterocycles. The van der Waals surface area contributed by atoms with Crippen molar-refractivity contribution in [3.8, 4) is 0 Å². The van der Waals surface area contributed by atoms with Gasteiger partial charge in [-0.1, -0.05) is 0 Å². The normalized spacial score (nSPS) is 18.6.